The number of ketones is 2. The number of unbranched alkanes of at least 4 members (excludes halogenated alkanes) is 9. The fourth-order valence-corrected chi connectivity index (χ4v) is 11.6. The second-order valence-corrected chi connectivity index (χ2v) is 19.1. The van der Waals surface area contributed by atoms with Gasteiger partial charge < -0.3 is 20.1 Å². The second kappa shape index (κ2) is 22.8. The van der Waals surface area contributed by atoms with Crippen LogP contribution in [0.3, 0.4) is 0 Å². The molecule has 4 aliphatic carbocycles. The van der Waals surface area contributed by atoms with Crippen LogP contribution in [-0.4, -0.2) is 58.6 Å². The van der Waals surface area contributed by atoms with Crippen LogP contribution in [0.15, 0.2) is 70.1 Å². The summed E-state index contributed by atoms with van der Waals surface area (Å²) in [7, 11) is 1.48. The molecule has 0 amide bonds. The van der Waals surface area contributed by atoms with Crippen LogP contribution in [-0.2, 0) is 19.1 Å². The van der Waals surface area contributed by atoms with E-state index in [0.717, 1.165) is 62.4 Å². The summed E-state index contributed by atoms with van der Waals surface area (Å²) in [5, 5.41) is 34.9. The summed E-state index contributed by atoms with van der Waals surface area (Å²) in [4.78, 5) is 41.4. The molecule has 0 aromatic carbocycles. The van der Waals surface area contributed by atoms with Gasteiger partial charge in [-0.05, 0) is 130 Å². The summed E-state index contributed by atoms with van der Waals surface area (Å²) in [5.41, 5.74) is 1.93. The van der Waals surface area contributed by atoms with E-state index in [1.165, 1.54) is 62.9 Å². The van der Waals surface area contributed by atoms with E-state index in [1.54, 1.807) is 0 Å². The quantitative estimate of drug-likeness (QED) is 0.0406. The first-order valence-corrected chi connectivity index (χ1v) is 23.4. The fourth-order valence-electron chi connectivity index (χ4n) is 11.6. The van der Waals surface area contributed by atoms with Crippen molar-refractivity contribution in [3.05, 3.63) is 70.1 Å². The number of methoxy groups -OCH3 is 1. The number of hydrogen-bond donors (Lipinski definition) is 3. The molecule has 0 bridgehead atoms. The minimum atomic E-state index is -1.20. The van der Waals surface area contributed by atoms with Gasteiger partial charge in [-0.15, -0.1) is 0 Å². The Bertz CT molecular complexity index is 1620. The van der Waals surface area contributed by atoms with Gasteiger partial charge in [0.1, 0.15) is 6.29 Å². The Kier molecular flexibility index (Phi) is 18.9. The SMILES string of the molecule is CCCC/C=C\CCCCCCCCC[C@@]12C(=O)C(OC)=CC(=O)[C@@H]1CC([C@@H]1CC[C@]3([C@H](CCCO)/C(=C(/C)C=O)CC[C@]3(C)O)[C@@H]1O)=C[C@H]2/C=C(\C)CCC=C(C)C. The maximum Gasteiger partial charge on any atom is 0.205 e. The number of hydrogen-bond acceptors (Lipinski definition) is 7. The Morgan fingerprint density at radius 3 is 2.25 bits per heavy atom. The number of fused-ring (bicyclic) bond motifs is 1. The zero-order valence-corrected chi connectivity index (χ0v) is 38.0. The van der Waals surface area contributed by atoms with E-state index >= 15 is 0 Å². The van der Waals surface area contributed by atoms with E-state index in [0.29, 0.717) is 56.9 Å². The van der Waals surface area contributed by atoms with E-state index in [1.807, 2.05) is 13.8 Å². The van der Waals surface area contributed by atoms with Gasteiger partial charge in [0.15, 0.2) is 11.5 Å². The lowest BCUT2D eigenvalue weighted by atomic mass is 9.51. The van der Waals surface area contributed by atoms with Gasteiger partial charge in [-0.25, -0.2) is 0 Å². The lowest BCUT2D eigenvalue weighted by molar-refractivity contribution is -0.168. The summed E-state index contributed by atoms with van der Waals surface area (Å²) < 4.78 is 5.66. The third-order valence-electron chi connectivity index (χ3n) is 15.0. The van der Waals surface area contributed by atoms with Crippen LogP contribution in [0.1, 0.15) is 176 Å². The van der Waals surface area contributed by atoms with Crippen molar-refractivity contribution >= 4 is 17.9 Å². The highest BCUT2D eigenvalue weighted by molar-refractivity contribution is 6.12. The normalized spacial score (nSPS) is 32.0. The number of allylic oxidation sites excluding steroid dienone is 11. The third kappa shape index (κ3) is 11.2. The molecular weight excluding hydrogens is 737 g/mol. The van der Waals surface area contributed by atoms with E-state index in [4.69, 9.17) is 4.74 Å². The second-order valence-electron chi connectivity index (χ2n) is 19.1. The maximum atomic E-state index is 14.8. The summed E-state index contributed by atoms with van der Waals surface area (Å²) in [6, 6.07) is 0. The largest absolute Gasteiger partial charge is 0.493 e. The van der Waals surface area contributed by atoms with E-state index in [9.17, 15) is 29.7 Å². The zero-order chi connectivity index (χ0) is 43.2. The third-order valence-corrected chi connectivity index (χ3v) is 15.0. The minimum Gasteiger partial charge on any atom is -0.493 e. The predicted octanol–water partition coefficient (Wildman–Crippen LogP) is 11.4. The first kappa shape index (κ1) is 48.8. The maximum absolute atomic E-state index is 14.8. The average Bonchev–Trinajstić information content (AvgIpc) is 3.55. The first-order valence-electron chi connectivity index (χ1n) is 23.4. The number of rotatable bonds is 23. The molecule has 7 heteroatoms. The van der Waals surface area contributed by atoms with E-state index in [2.05, 4.69) is 58.1 Å². The molecule has 3 N–H and O–H groups in total. The highest BCUT2D eigenvalue weighted by Crippen LogP contribution is 2.64. The average molecular weight is 817 g/mol. The monoisotopic (exact) mass is 817 g/mol. The fraction of sp³-hybridized carbons (Fsp3) is 0.712. The number of aldehydes is 1. The Balaban J connectivity index is 1.68. The van der Waals surface area contributed by atoms with Crippen molar-refractivity contribution < 1.29 is 34.4 Å². The molecule has 1 spiro atoms. The molecule has 4 rings (SSSR count). The smallest absolute Gasteiger partial charge is 0.205 e. The molecule has 4 aliphatic rings. The number of aliphatic hydroxyl groups excluding tert-OH is 2. The molecule has 8 atom stereocenters. The van der Waals surface area contributed by atoms with Gasteiger partial charge in [-0.3, -0.25) is 14.4 Å². The molecule has 59 heavy (non-hydrogen) atoms. The molecule has 0 radical (unpaired) electrons. The molecule has 330 valence electrons. The van der Waals surface area contributed by atoms with Gasteiger partial charge >= 0.3 is 0 Å². The number of aliphatic hydroxyl groups is 3. The molecule has 0 aromatic heterocycles. The molecular formula is C52H80O7. The van der Waals surface area contributed by atoms with Crippen molar-refractivity contribution in [2.45, 2.75) is 188 Å². The molecule has 0 heterocycles. The molecule has 2 fully saturated rings. The number of carbonyl (C=O) groups is 3. The number of Topliss-reactive ketones (excluding diaryl/α,β-unsaturated/α-hetero) is 1. The number of ether oxygens (including phenoxy) is 1. The predicted molar refractivity (Wildman–Crippen MR) is 239 cm³/mol. The first-order chi connectivity index (χ1) is 28.2. The zero-order valence-electron chi connectivity index (χ0n) is 38.0. The Hall–Kier alpha value is -2.87. The summed E-state index contributed by atoms with van der Waals surface area (Å²) in [6.07, 6.45) is 31.2. The molecule has 2 saturated carbocycles. The van der Waals surface area contributed by atoms with Gasteiger partial charge in [0.05, 0.1) is 24.2 Å². The summed E-state index contributed by atoms with van der Waals surface area (Å²) in [6.45, 7) is 12.2. The standard InChI is InChI=1S/C52H80O7/c1-8-9-10-11-12-13-14-15-16-17-18-19-20-28-51-41(32-38(4)24-21-23-37(2)3)33-40(34-45(51)46(55)35-47(59-7)49(51)57)43-27-30-52(48(43)56)44(25-22-31-53)42(39(5)36-54)26-29-50(52,6)58/h11-12,23,32-33,35-36,41,43-45,48,53,56,58H,8-10,13-22,24-31,34H2,1-7H3/b12-11-,38-32+,42-39-/t41-,43+,44-,45+,48-,50+,51+,52+/m1/s1. The highest BCUT2D eigenvalue weighted by atomic mass is 16.5. The molecule has 7 nitrogen and oxygen atoms in total. The van der Waals surface area contributed by atoms with Crippen molar-refractivity contribution in [2.75, 3.05) is 13.7 Å². The van der Waals surface area contributed by atoms with Gasteiger partial charge in [-0.2, -0.15) is 0 Å². The Labute approximate surface area is 357 Å². The van der Waals surface area contributed by atoms with Gasteiger partial charge in [-0.1, -0.05) is 111 Å². The highest BCUT2D eigenvalue weighted by Gasteiger charge is 2.65. The van der Waals surface area contributed by atoms with Crippen LogP contribution >= 0.6 is 0 Å². The van der Waals surface area contributed by atoms with Crippen molar-refractivity contribution in [1.82, 2.24) is 0 Å². The van der Waals surface area contributed by atoms with Crippen LogP contribution in [0.4, 0.5) is 0 Å². The van der Waals surface area contributed by atoms with Crippen LogP contribution in [0.2, 0.25) is 0 Å². The van der Waals surface area contributed by atoms with Crippen molar-refractivity contribution in [1.29, 1.82) is 0 Å². The molecule has 0 unspecified atom stereocenters. The van der Waals surface area contributed by atoms with Crippen LogP contribution in [0, 0.1) is 34.5 Å². The van der Waals surface area contributed by atoms with Crippen LogP contribution < -0.4 is 0 Å². The van der Waals surface area contributed by atoms with Crippen molar-refractivity contribution in [3.63, 3.8) is 0 Å². The van der Waals surface area contributed by atoms with Crippen LogP contribution in [0.5, 0.6) is 0 Å². The molecule has 0 aromatic rings. The van der Waals surface area contributed by atoms with Gasteiger partial charge in [0.2, 0.25) is 5.78 Å². The molecule has 0 aliphatic heterocycles. The molecule has 0 saturated heterocycles. The summed E-state index contributed by atoms with van der Waals surface area (Å²) in [5.74, 6) is -1.57. The Morgan fingerprint density at radius 2 is 1.61 bits per heavy atom. The van der Waals surface area contributed by atoms with Gasteiger partial charge in [0, 0.05) is 35.9 Å². The van der Waals surface area contributed by atoms with Crippen molar-refractivity contribution in [3.8, 4) is 0 Å². The Morgan fingerprint density at radius 1 is 0.932 bits per heavy atom. The van der Waals surface area contributed by atoms with E-state index in [-0.39, 0.29) is 41.7 Å². The number of carbonyl (C=O) groups excluding carboxylic acids is 3. The topological polar surface area (TPSA) is 121 Å². The summed E-state index contributed by atoms with van der Waals surface area (Å²) >= 11 is 0. The van der Waals surface area contributed by atoms with Gasteiger partial charge in [0.25, 0.3) is 0 Å². The lowest BCUT2D eigenvalue weighted by Gasteiger charge is -2.56. The van der Waals surface area contributed by atoms with Crippen molar-refractivity contribution in [2.24, 2.45) is 34.5 Å². The van der Waals surface area contributed by atoms with Crippen LogP contribution in [0.25, 0.3) is 0 Å². The van der Waals surface area contributed by atoms with E-state index < -0.39 is 28.5 Å². The minimum absolute atomic E-state index is 0.0122. The lowest BCUT2D eigenvalue weighted by Crippen LogP contribution is -2.59.